The molecular weight excluding hydrogens is 410 g/mol. The number of carboxylic acids is 1. The van der Waals surface area contributed by atoms with Crippen LogP contribution < -0.4 is 0 Å². The molecule has 1 atom stereocenters. The second-order valence-electron chi connectivity index (χ2n) is 6.75. The maximum Gasteiger partial charge on any atom is 0.304 e. The van der Waals surface area contributed by atoms with Gasteiger partial charge in [0.15, 0.2) is 0 Å². The van der Waals surface area contributed by atoms with Crippen molar-refractivity contribution in [1.29, 1.82) is 0 Å². The van der Waals surface area contributed by atoms with Gasteiger partial charge in [0.25, 0.3) is 0 Å². The molecule has 26 heavy (non-hydrogen) atoms. The third-order valence-electron chi connectivity index (χ3n) is 4.97. The second kappa shape index (κ2) is 8.98. The monoisotopic (exact) mass is 433 g/mol. The average Bonchev–Trinajstić information content (AvgIpc) is 3.21. The Labute approximate surface area is 167 Å². The highest BCUT2D eigenvalue weighted by Crippen LogP contribution is 2.35. The molecule has 1 aliphatic rings. The van der Waals surface area contributed by atoms with Gasteiger partial charge < -0.3 is 5.11 Å². The van der Waals surface area contributed by atoms with Gasteiger partial charge in [-0.15, -0.1) is 11.3 Å². The van der Waals surface area contributed by atoms with E-state index in [1.165, 1.54) is 21.6 Å². The van der Waals surface area contributed by atoms with Crippen LogP contribution in [0.1, 0.15) is 41.7 Å². The van der Waals surface area contributed by atoms with Crippen molar-refractivity contribution < 1.29 is 9.90 Å². The average molecular weight is 434 g/mol. The van der Waals surface area contributed by atoms with Crippen molar-refractivity contribution in [2.75, 3.05) is 13.1 Å². The van der Waals surface area contributed by atoms with Gasteiger partial charge in [0.1, 0.15) is 0 Å². The number of aliphatic carboxylic acids is 1. The minimum atomic E-state index is -0.694. The molecule has 0 bridgehead atoms. The Balaban J connectivity index is 1.79. The van der Waals surface area contributed by atoms with Crippen molar-refractivity contribution in [1.82, 2.24) is 4.90 Å². The molecule has 3 nitrogen and oxygen atoms in total. The predicted molar refractivity (Wildman–Crippen MR) is 112 cm³/mol. The van der Waals surface area contributed by atoms with Crippen LogP contribution in [0.2, 0.25) is 0 Å². The zero-order valence-electron chi connectivity index (χ0n) is 15.0. The lowest BCUT2D eigenvalue weighted by molar-refractivity contribution is -0.138. The van der Waals surface area contributed by atoms with Gasteiger partial charge in [-0.2, -0.15) is 0 Å². The zero-order chi connectivity index (χ0) is 18.5. The van der Waals surface area contributed by atoms with Crippen molar-refractivity contribution >= 4 is 38.8 Å². The summed E-state index contributed by atoms with van der Waals surface area (Å²) in [5, 5.41) is 11.2. The molecule has 1 aliphatic heterocycles. The molecular formula is C21H24BrNO2S. The molecule has 1 saturated heterocycles. The summed E-state index contributed by atoms with van der Waals surface area (Å²) in [5.41, 5.74) is 3.79. The molecule has 1 aromatic heterocycles. The third-order valence-corrected chi connectivity index (χ3v) is 6.84. The third kappa shape index (κ3) is 4.64. The van der Waals surface area contributed by atoms with Gasteiger partial charge in [0.2, 0.25) is 0 Å². The quantitative estimate of drug-likeness (QED) is 0.619. The molecule has 2 aromatic rings. The van der Waals surface area contributed by atoms with E-state index in [0.717, 1.165) is 36.8 Å². The largest absolute Gasteiger partial charge is 0.481 e. The molecule has 1 N–H and O–H groups in total. The zero-order valence-corrected chi connectivity index (χ0v) is 17.4. The van der Waals surface area contributed by atoms with Crippen molar-refractivity contribution in [3.63, 3.8) is 0 Å². The fourth-order valence-electron chi connectivity index (χ4n) is 3.68. The number of aryl methyl sites for hydroxylation is 1. The SMILES string of the molecule is Cc1ccccc1C(=CCCN1CCC[C@H]1CC(=O)O)c1sccc1Br. The van der Waals surface area contributed by atoms with E-state index in [9.17, 15) is 4.79 Å². The van der Waals surface area contributed by atoms with Crippen molar-refractivity contribution in [3.05, 3.63) is 62.3 Å². The molecule has 0 spiro atoms. The summed E-state index contributed by atoms with van der Waals surface area (Å²) in [6.07, 6.45) is 5.59. The van der Waals surface area contributed by atoms with Gasteiger partial charge in [-0.1, -0.05) is 30.3 Å². The normalized spacial score (nSPS) is 18.4. The maximum absolute atomic E-state index is 11.1. The number of carbonyl (C=O) groups is 1. The number of hydrogen-bond donors (Lipinski definition) is 1. The number of hydrogen-bond acceptors (Lipinski definition) is 3. The van der Waals surface area contributed by atoms with Crippen LogP contribution in [-0.4, -0.2) is 35.1 Å². The fourth-order valence-corrected chi connectivity index (χ4v) is 5.33. The van der Waals surface area contributed by atoms with E-state index >= 15 is 0 Å². The van der Waals surface area contributed by atoms with E-state index in [2.05, 4.69) is 69.5 Å². The summed E-state index contributed by atoms with van der Waals surface area (Å²) in [7, 11) is 0. The molecule has 2 heterocycles. The number of nitrogens with zero attached hydrogens (tertiary/aromatic N) is 1. The molecule has 1 fully saturated rings. The number of rotatable bonds is 7. The van der Waals surface area contributed by atoms with Crippen LogP contribution in [0, 0.1) is 6.92 Å². The summed E-state index contributed by atoms with van der Waals surface area (Å²) >= 11 is 5.42. The Kier molecular flexibility index (Phi) is 6.68. The Morgan fingerprint density at radius 3 is 2.88 bits per heavy atom. The number of benzene rings is 1. The molecule has 3 rings (SSSR count). The summed E-state index contributed by atoms with van der Waals surface area (Å²) < 4.78 is 1.13. The van der Waals surface area contributed by atoms with Gasteiger partial charge in [-0.3, -0.25) is 9.69 Å². The Bertz CT molecular complexity index is 799. The lowest BCUT2D eigenvalue weighted by atomic mass is 9.98. The van der Waals surface area contributed by atoms with Crippen molar-refractivity contribution in [2.45, 2.75) is 38.6 Å². The highest BCUT2D eigenvalue weighted by Gasteiger charge is 2.25. The van der Waals surface area contributed by atoms with Crippen LogP contribution in [0.5, 0.6) is 0 Å². The molecule has 138 valence electrons. The summed E-state index contributed by atoms with van der Waals surface area (Å²) in [5.74, 6) is -0.694. The summed E-state index contributed by atoms with van der Waals surface area (Å²) in [6.45, 7) is 4.07. The molecule has 0 radical (unpaired) electrons. The van der Waals surface area contributed by atoms with Crippen LogP contribution in [0.3, 0.4) is 0 Å². The maximum atomic E-state index is 11.1. The van der Waals surface area contributed by atoms with Crippen LogP contribution in [0.25, 0.3) is 5.57 Å². The second-order valence-corrected chi connectivity index (χ2v) is 8.52. The molecule has 0 unspecified atom stereocenters. The number of likely N-dealkylation sites (tertiary alicyclic amines) is 1. The first-order valence-electron chi connectivity index (χ1n) is 9.01. The molecule has 5 heteroatoms. The van der Waals surface area contributed by atoms with Gasteiger partial charge in [-0.05, 0) is 76.8 Å². The van der Waals surface area contributed by atoms with Gasteiger partial charge in [-0.25, -0.2) is 0 Å². The Morgan fingerprint density at radius 1 is 1.38 bits per heavy atom. The Morgan fingerprint density at radius 2 is 2.19 bits per heavy atom. The van der Waals surface area contributed by atoms with Gasteiger partial charge in [0.05, 0.1) is 6.42 Å². The van der Waals surface area contributed by atoms with Crippen LogP contribution >= 0.6 is 27.3 Å². The van der Waals surface area contributed by atoms with E-state index < -0.39 is 5.97 Å². The number of thiophene rings is 1. The number of carboxylic acid groups (broad SMARTS) is 1. The predicted octanol–water partition coefficient (Wildman–Crippen LogP) is 5.58. The standard InChI is InChI=1S/C21H24BrNO2S/c1-15-6-2-3-8-17(15)18(21-19(22)10-13-26-21)9-5-12-23-11-4-7-16(23)14-20(24)25/h2-3,6,8-10,13,16H,4-5,7,11-12,14H2,1H3,(H,24,25)/t16-/m0/s1. The van der Waals surface area contributed by atoms with Gasteiger partial charge in [0, 0.05) is 21.9 Å². The smallest absolute Gasteiger partial charge is 0.304 e. The van der Waals surface area contributed by atoms with Gasteiger partial charge >= 0.3 is 5.97 Å². The first-order chi connectivity index (χ1) is 12.6. The topological polar surface area (TPSA) is 40.5 Å². The summed E-state index contributed by atoms with van der Waals surface area (Å²) in [6, 6.07) is 10.8. The van der Waals surface area contributed by atoms with E-state index in [1.54, 1.807) is 11.3 Å². The lowest BCUT2D eigenvalue weighted by Crippen LogP contribution is -2.32. The fraction of sp³-hybridized carbons (Fsp3) is 0.381. The van der Waals surface area contributed by atoms with E-state index in [1.807, 2.05) is 0 Å². The minimum absolute atomic E-state index is 0.191. The highest BCUT2D eigenvalue weighted by molar-refractivity contribution is 9.10. The van der Waals surface area contributed by atoms with Crippen molar-refractivity contribution in [3.8, 4) is 0 Å². The van der Waals surface area contributed by atoms with Crippen LogP contribution in [0.15, 0.2) is 46.3 Å². The molecule has 0 amide bonds. The molecule has 0 saturated carbocycles. The van der Waals surface area contributed by atoms with Crippen LogP contribution in [0.4, 0.5) is 0 Å². The lowest BCUT2D eigenvalue weighted by Gasteiger charge is -2.22. The molecule has 0 aliphatic carbocycles. The minimum Gasteiger partial charge on any atom is -0.481 e. The first kappa shape index (κ1) is 19.3. The number of halogens is 1. The van der Waals surface area contributed by atoms with E-state index in [-0.39, 0.29) is 12.5 Å². The van der Waals surface area contributed by atoms with Crippen LogP contribution in [-0.2, 0) is 4.79 Å². The Hall–Kier alpha value is -1.43. The van der Waals surface area contributed by atoms with Crippen molar-refractivity contribution in [2.24, 2.45) is 0 Å². The van der Waals surface area contributed by atoms with E-state index in [0.29, 0.717) is 0 Å². The highest BCUT2D eigenvalue weighted by atomic mass is 79.9. The summed E-state index contributed by atoms with van der Waals surface area (Å²) in [4.78, 5) is 14.6. The first-order valence-corrected chi connectivity index (χ1v) is 10.7. The van der Waals surface area contributed by atoms with E-state index in [4.69, 9.17) is 5.11 Å². The molecule has 1 aromatic carbocycles.